The lowest BCUT2D eigenvalue weighted by Gasteiger charge is -2.11. The van der Waals surface area contributed by atoms with E-state index in [0.717, 1.165) is 25.1 Å². The van der Waals surface area contributed by atoms with Crippen LogP contribution in [0.4, 0.5) is 10.6 Å². The van der Waals surface area contributed by atoms with Gasteiger partial charge in [-0.15, -0.1) is 0 Å². The minimum absolute atomic E-state index is 0.285. The molecule has 2 N–H and O–H groups in total. The summed E-state index contributed by atoms with van der Waals surface area (Å²) in [6, 6.07) is 1.38. The Kier molecular flexibility index (Phi) is 3.89. The number of urea groups is 1. The van der Waals surface area contributed by atoms with E-state index < -0.39 is 0 Å². The average Bonchev–Trinajstić information content (AvgIpc) is 3.04. The van der Waals surface area contributed by atoms with Gasteiger partial charge in [-0.05, 0) is 19.8 Å². The smallest absolute Gasteiger partial charge is 0.320 e. The second-order valence-corrected chi connectivity index (χ2v) is 5.25. The van der Waals surface area contributed by atoms with Crippen LogP contribution in [0.1, 0.15) is 30.1 Å². The summed E-state index contributed by atoms with van der Waals surface area (Å²) in [6.45, 7) is 3.37. The molecule has 0 aromatic carbocycles. The van der Waals surface area contributed by atoms with E-state index in [-0.39, 0.29) is 6.03 Å². The van der Waals surface area contributed by atoms with Crippen molar-refractivity contribution < 1.29 is 9.32 Å². The van der Waals surface area contributed by atoms with E-state index in [1.807, 2.05) is 0 Å². The van der Waals surface area contributed by atoms with Gasteiger partial charge >= 0.3 is 6.03 Å². The number of nitrogens with one attached hydrogen (secondary N) is 2. The number of aromatic nitrogens is 3. The number of fused-ring (bicyclic) bond motifs is 1. The summed E-state index contributed by atoms with van der Waals surface area (Å²) in [7, 11) is 0. The molecule has 3 heterocycles. The van der Waals surface area contributed by atoms with Crippen molar-refractivity contribution in [2.24, 2.45) is 0 Å². The van der Waals surface area contributed by atoms with E-state index >= 15 is 0 Å². The third-order valence-electron chi connectivity index (χ3n) is 3.49. The molecule has 21 heavy (non-hydrogen) atoms. The van der Waals surface area contributed by atoms with E-state index in [2.05, 4.69) is 31.5 Å². The highest BCUT2D eigenvalue weighted by Gasteiger charge is 2.12. The Morgan fingerprint density at radius 2 is 2.38 bits per heavy atom. The van der Waals surface area contributed by atoms with E-state index in [9.17, 15) is 4.79 Å². The highest BCUT2D eigenvalue weighted by molar-refractivity contribution is 5.88. The predicted octanol–water partition coefficient (Wildman–Crippen LogP) is 1.88. The van der Waals surface area contributed by atoms with Crippen LogP contribution in [0.15, 0.2) is 16.8 Å². The normalized spacial score (nSPS) is 13.8. The zero-order chi connectivity index (χ0) is 14.7. The molecule has 0 spiro atoms. The van der Waals surface area contributed by atoms with Crippen molar-refractivity contribution in [2.45, 2.75) is 39.2 Å². The number of imidazole rings is 1. The topological polar surface area (TPSA) is 85.0 Å². The average molecular weight is 289 g/mol. The van der Waals surface area contributed by atoms with E-state index in [0.29, 0.717) is 18.1 Å². The molecule has 2 amide bonds. The first-order valence-corrected chi connectivity index (χ1v) is 7.24. The van der Waals surface area contributed by atoms with Gasteiger partial charge in [0.05, 0.1) is 5.69 Å². The van der Waals surface area contributed by atoms with Gasteiger partial charge in [-0.2, -0.15) is 0 Å². The molecule has 0 saturated carbocycles. The summed E-state index contributed by atoms with van der Waals surface area (Å²) < 4.78 is 7.10. The van der Waals surface area contributed by atoms with Crippen molar-refractivity contribution in [2.75, 3.05) is 11.9 Å². The van der Waals surface area contributed by atoms with Crippen molar-refractivity contribution in [1.29, 1.82) is 0 Å². The first-order valence-electron chi connectivity index (χ1n) is 7.24. The lowest BCUT2D eigenvalue weighted by Crippen LogP contribution is -2.30. The van der Waals surface area contributed by atoms with Crippen LogP contribution < -0.4 is 10.6 Å². The van der Waals surface area contributed by atoms with Crippen LogP contribution in [0.2, 0.25) is 0 Å². The van der Waals surface area contributed by atoms with Crippen LogP contribution in [0.5, 0.6) is 0 Å². The first-order chi connectivity index (χ1) is 10.2. The Balaban J connectivity index is 1.45. The van der Waals surface area contributed by atoms with E-state index in [4.69, 9.17) is 4.52 Å². The van der Waals surface area contributed by atoms with Gasteiger partial charge < -0.3 is 14.4 Å². The molecule has 2 aromatic rings. The van der Waals surface area contributed by atoms with Crippen LogP contribution in [-0.4, -0.2) is 27.3 Å². The van der Waals surface area contributed by atoms with Crippen LogP contribution in [0.25, 0.3) is 0 Å². The maximum Gasteiger partial charge on any atom is 0.320 e. The fraction of sp³-hybridized carbons (Fsp3) is 0.500. The maximum atomic E-state index is 11.7. The Morgan fingerprint density at radius 1 is 1.48 bits per heavy atom. The minimum Gasteiger partial charge on any atom is -0.360 e. The largest absolute Gasteiger partial charge is 0.360 e. The molecule has 7 heteroatoms. The maximum absolute atomic E-state index is 11.7. The Morgan fingerprint density at radius 3 is 3.14 bits per heavy atom. The number of amides is 2. The SMILES string of the molecule is Cc1cc(NC(=O)NCCc2cn3c(n2)CCCC3)no1. The zero-order valence-corrected chi connectivity index (χ0v) is 12.1. The number of hydrogen-bond donors (Lipinski definition) is 2. The van der Waals surface area contributed by atoms with Gasteiger partial charge in [0.25, 0.3) is 0 Å². The number of rotatable bonds is 4. The summed E-state index contributed by atoms with van der Waals surface area (Å²) in [5, 5.41) is 9.11. The van der Waals surface area contributed by atoms with Crippen LogP contribution in [0, 0.1) is 6.92 Å². The highest BCUT2D eigenvalue weighted by atomic mass is 16.5. The quantitative estimate of drug-likeness (QED) is 0.900. The molecule has 1 aliphatic heterocycles. The molecular weight excluding hydrogens is 270 g/mol. The van der Waals surface area contributed by atoms with Gasteiger partial charge in [-0.25, -0.2) is 9.78 Å². The molecule has 7 nitrogen and oxygen atoms in total. The van der Waals surface area contributed by atoms with Gasteiger partial charge in [0, 0.05) is 38.2 Å². The van der Waals surface area contributed by atoms with Gasteiger partial charge in [0.15, 0.2) is 5.82 Å². The zero-order valence-electron chi connectivity index (χ0n) is 12.1. The Bertz CT molecular complexity index is 608. The highest BCUT2D eigenvalue weighted by Crippen LogP contribution is 2.14. The molecule has 112 valence electrons. The van der Waals surface area contributed by atoms with Crippen molar-refractivity contribution >= 4 is 11.8 Å². The van der Waals surface area contributed by atoms with Gasteiger partial charge in [-0.1, -0.05) is 5.16 Å². The monoisotopic (exact) mass is 289 g/mol. The molecule has 3 rings (SSSR count). The summed E-state index contributed by atoms with van der Waals surface area (Å²) in [6.07, 6.45) is 6.31. The molecule has 0 unspecified atom stereocenters. The number of carbonyl (C=O) groups is 1. The fourth-order valence-electron chi connectivity index (χ4n) is 2.48. The number of hydrogen-bond acceptors (Lipinski definition) is 4. The number of nitrogens with zero attached hydrogens (tertiary/aromatic N) is 3. The molecule has 0 aliphatic carbocycles. The van der Waals surface area contributed by atoms with Gasteiger partial charge in [0.1, 0.15) is 11.6 Å². The summed E-state index contributed by atoms with van der Waals surface area (Å²) in [4.78, 5) is 16.3. The van der Waals surface area contributed by atoms with Crippen molar-refractivity contribution in [3.05, 3.63) is 29.5 Å². The van der Waals surface area contributed by atoms with Crippen LogP contribution in [0.3, 0.4) is 0 Å². The fourth-order valence-corrected chi connectivity index (χ4v) is 2.48. The molecule has 0 fully saturated rings. The van der Waals surface area contributed by atoms with E-state index in [1.165, 1.54) is 18.7 Å². The second-order valence-electron chi connectivity index (χ2n) is 5.25. The minimum atomic E-state index is -0.285. The van der Waals surface area contributed by atoms with Crippen molar-refractivity contribution in [3.63, 3.8) is 0 Å². The third kappa shape index (κ3) is 3.42. The lowest BCUT2D eigenvalue weighted by atomic mass is 10.2. The standard InChI is InChI=1S/C14H19N5O2/c1-10-8-12(18-21-10)17-14(20)15-6-5-11-9-19-7-3-2-4-13(19)16-11/h8-9H,2-7H2,1H3,(H2,15,17,18,20). The molecule has 2 aromatic heterocycles. The van der Waals surface area contributed by atoms with Gasteiger partial charge in [0.2, 0.25) is 0 Å². The van der Waals surface area contributed by atoms with Crippen LogP contribution >= 0.6 is 0 Å². The van der Waals surface area contributed by atoms with Crippen LogP contribution in [-0.2, 0) is 19.4 Å². The Labute approximate surface area is 122 Å². The molecule has 0 bridgehead atoms. The first kappa shape index (κ1) is 13.7. The predicted molar refractivity (Wildman–Crippen MR) is 77.1 cm³/mol. The number of anilines is 1. The lowest BCUT2D eigenvalue weighted by molar-refractivity contribution is 0.252. The molecule has 0 radical (unpaired) electrons. The van der Waals surface area contributed by atoms with E-state index in [1.54, 1.807) is 13.0 Å². The number of carbonyl (C=O) groups excluding carboxylic acids is 1. The molecule has 0 saturated heterocycles. The second kappa shape index (κ2) is 5.99. The summed E-state index contributed by atoms with van der Waals surface area (Å²) in [5.41, 5.74) is 1.03. The number of aryl methyl sites for hydroxylation is 3. The molecule has 1 aliphatic rings. The Hall–Kier alpha value is -2.31. The molecule has 0 atom stereocenters. The summed E-state index contributed by atoms with van der Waals surface area (Å²) >= 11 is 0. The molecular formula is C14H19N5O2. The van der Waals surface area contributed by atoms with Crippen molar-refractivity contribution in [1.82, 2.24) is 20.0 Å². The third-order valence-corrected chi connectivity index (χ3v) is 3.49. The van der Waals surface area contributed by atoms with Gasteiger partial charge in [-0.3, -0.25) is 5.32 Å². The summed E-state index contributed by atoms with van der Waals surface area (Å²) in [5.74, 6) is 2.25. The van der Waals surface area contributed by atoms with Crippen molar-refractivity contribution in [3.8, 4) is 0 Å².